The molecule has 20 heavy (non-hydrogen) atoms. The van der Waals surface area contributed by atoms with Crippen molar-refractivity contribution in [3.63, 3.8) is 0 Å². The molecule has 1 heterocycles. The highest BCUT2D eigenvalue weighted by Gasteiger charge is 2.23. The quantitative estimate of drug-likeness (QED) is 0.668. The molecule has 1 aliphatic rings. The van der Waals surface area contributed by atoms with Gasteiger partial charge in [-0.3, -0.25) is 4.79 Å². The van der Waals surface area contributed by atoms with Gasteiger partial charge in [0, 0.05) is 19.1 Å². The van der Waals surface area contributed by atoms with Crippen molar-refractivity contribution in [2.45, 2.75) is 38.8 Å². The van der Waals surface area contributed by atoms with E-state index in [9.17, 15) is 4.79 Å². The van der Waals surface area contributed by atoms with Crippen LogP contribution in [0.2, 0.25) is 0 Å². The number of carbonyl (C=O) groups is 1. The zero-order valence-electron chi connectivity index (χ0n) is 13.7. The third-order valence-electron chi connectivity index (χ3n) is 3.88. The first-order chi connectivity index (χ1) is 9.42. The minimum Gasteiger partial charge on any atom is -0.468 e. The number of methoxy groups -OCH3 is 1. The molecule has 0 saturated carbocycles. The van der Waals surface area contributed by atoms with E-state index in [4.69, 9.17) is 4.74 Å². The first-order valence-corrected chi connectivity index (χ1v) is 7.63. The van der Waals surface area contributed by atoms with Gasteiger partial charge in [0.2, 0.25) is 0 Å². The maximum absolute atomic E-state index is 11.7. The van der Waals surface area contributed by atoms with Crippen LogP contribution >= 0.6 is 0 Å². The van der Waals surface area contributed by atoms with Gasteiger partial charge in [0.1, 0.15) is 6.04 Å². The Morgan fingerprint density at radius 2 is 2.20 bits per heavy atom. The molecule has 1 rings (SSSR count). The van der Waals surface area contributed by atoms with Crippen LogP contribution in [0, 0.1) is 5.92 Å². The zero-order valence-corrected chi connectivity index (χ0v) is 13.7. The van der Waals surface area contributed by atoms with E-state index >= 15 is 0 Å². The molecule has 0 aromatic heterocycles. The van der Waals surface area contributed by atoms with Gasteiger partial charge >= 0.3 is 5.97 Å². The van der Waals surface area contributed by atoms with Crippen LogP contribution in [-0.2, 0) is 9.53 Å². The third-order valence-corrected chi connectivity index (χ3v) is 3.88. The molecule has 2 atom stereocenters. The molecule has 5 heteroatoms. The lowest BCUT2D eigenvalue weighted by Crippen LogP contribution is -2.43. The normalized spacial score (nSPS) is 21.6. The Morgan fingerprint density at radius 3 is 2.70 bits per heavy atom. The van der Waals surface area contributed by atoms with Crippen LogP contribution in [0.25, 0.3) is 0 Å². The summed E-state index contributed by atoms with van der Waals surface area (Å²) in [6.45, 7) is 8.52. The number of hydrogen-bond donors (Lipinski definition) is 1. The van der Waals surface area contributed by atoms with Crippen molar-refractivity contribution in [2.75, 3.05) is 47.4 Å². The van der Waals surface area contributed by atoms with Crippen molar-refractivity contribution in [3.8, 4) is 0 Å². The molecule has 0 spiro atoms. The summed E-state index contributed by atoms with van der Waals surface area (Å²) in [5, 5.41) is 3.28. The highest BCUT2D eigenvalue weighted by molar-refractivity contribution is 5.75. The van der Waals surface area contributed by atoms with Gasteiger partial charge in [-0.15, -0.1) is 0 Å². The number of ether oxygens (including phenoxy) is 1. The number of esters is 1. The van der Waals surface area contributed by atoms with Crippen LogP contribution in [0.4, 0.5) is 0 Å². The van der Waals surface area contributed by atoms with Gasteiger partial charge in [-0.05, 0) is 45.9 Å². The molecule has 0 radical (unpaired) electrons. The molecular weight excluding hydrogens is 254 g/mol. The molecule has 1 fully saturated rings. The molecule has 2 unspecified atom stereocenters. The van der Waals surface area contributed by atoms with Crippen molar-refractivity contribution in [1.29, 1.82) is 0 Å². The van der Waals surface area contributed by atoms with E-state index in [1.807, 2.05) is 13.8 Å². The number of rotatable bonds is 8. The maximum Gasteiger partial charge on any atom is 0.322 e. The van der Waals surface area contributed by atoms with Crippen molar-refractivity contribution < 1.29 is 9.53 Å². The van der Waals surface area contributed by atoms with E-state index in [0.717, 1.165) is 25.4 Å². The molecule has 118 valence electrons. The van der Waals surface area contributed by atoms with Gasteiger partial charge in [0.15, 0.2) is 0 Å². The zero-order chi connectivity index (χ0) is 15.1. The van der Waals surface area contributed by atoms with E-state index < -0.39 is 0 Å². The standard InChI is InChI=1S/C15H31N3O2/c1-12(2)16-14(15(19)20-5)7-9-18(4)11-13-6-8-17(3)10-13/h12-14,16H,6-11H2,1-5H3. The molecule has 1 saturated heterocycles. The second kappa shape index (κ2) is 8.60. The van der Waals surface area contributed by atoms with Crippen LogP contribution in [-0.4, -0.2) is 75.2 Å². The molecule has 5 nitrogen and oxygen atoms in total. The van der Waals surface area contributed by atoms with E-state index in [1.165, 1.54) is 26.6 Å². The predicted molar refractivity (Wildman–Crippen MR) is 81.8 cm³/mol. The Bertz CT molecular complexity index is 297. The number of nitrogens with one attached hydrogen (secondary N) is 1. The fraction of sp³-hybridized carbons (Fsp3) is 0.933. The summed E-state index contributed by atoms with van der Waals surface area (Å²) in [6.07, 6.45) is 2.08. The molecule has 1 aliphatic heterocycles. The number of nitrogens with zero attached hydrogens (tertiary/aromatic N) is 2. The van der Waals surface area contributed by atoms with E-state index in [2.05, 4.69) is 29.2 Å². The smallest absolute Gasteiger partial charge is 0.322 e. The van der Waals surface area contributed by atoms with E-state index in [-0.39, 0.29) is 18.1 Å². The number of carbonyl (C=O) groups excluding carboxylic acids is 1. The lowest BCUT2D eigenvalue weighted by Gasteiger charge is -2.24. The van der Waals surface area contributed by atoms with Crippen LogP contribution in [0.3, 0.4) is 0 Å². The van der Waals surface area contributed by atoms with Crippen molar-refractivity contribution >= 4 is 5.97 Å². The van der Waals surface area contributed by atoms with Gasteiger partial charge in [-0.1, -0.05) is 13.8 Å². The van der Waals surface area contributed by atoms with Gasteiger partial charge in [-0.2, -0.15) is 0 Å². The van der Waals surface area contributed by atoms with Crippen molar-refractivity contribution in [2.24, 2.45) is 5.92 Å². The Balaban J connectivity index is 2.32. The summed E-state index contributed by atoms with van der Waals surface area (Å²) < 4.78 is 4.87. The number of likely N-dealkylation sites (tertiary alicyclic amines) is 1. The first kappa shape index (κ1) is 17.4. The fourth-order valence-electron chi connectivity index (χ4n) is 2.87. The minimum absolute atomic E-state index is 0.160. The Labute approximate surface area is 123 Å². The predicted octanol–water partition coefficient (Wildman–Crippen LogP) is 0.800. The van der Waals surface area contributed by atoms with E-state index in [1.54, 1.807) is 0 Å². The molecule has 0 aromatic rings. The van der Waals surface area contributed by atoms with Crippen LogP contribution in [0.1, 0.15) is 26.7 Å². The summed E-state index contributed by atoms with van der Waals surface area (Å²) >= 11 is 0. The topological polar surface area (TPSA) is 44.8 Å². The summed E-state index contributed by atoms with van der Waals surface area (Å²) in [6, 6.07) is 0.0848. The molecule has 0 aliphatic carbocycles. The average Bonchev–Trinajstić information content (AvgIpc) is 2.78. The van der Waals surface area contributed by atoms with Crippen LogP contribution in [0.5, 0.6) is 0 Å². The van der Waals surface area contributed by atoms with Crippen LogP contribution < -0.4 is 5.32 Å². The second-order valence-corrected chi connectivity index (χ2v) is 6.36. The second-order valence-electron chi connectivity index (χ2n) is 6.36. The Morgan fingerprint density at radius 1 is 1.50 bits per heavy atom. The van der Waals surface area contributed by atoms with Gasteiger partial charge in [0.25, 0.3) is 0 Å². The fourth-order valence-corrected chi connectivity index (χ4v) is 2.87. The van der Waals surface area contributed by atoms with Crippen LogP contribution in [0.15, 0.2) is 0 Å². The largest absolute Gasteiger partial charge is 0.468 e. The van der Waals surface area contributed by atoms with Crippen molar-refractivity contribution in [1.82, 2.24) is 15.1 Å². The monoisotopic (exact) mass is 285 g/mol. The molecule has 0 bridgehead atoms. The van der Waals surface area contributed by atoms with Crippen molar-refractivity contribution in [3.05, 3.63) is 0 Å². The summed E-state index contributed by atoms with van der Waals surface area (Å²) in [5.41, 5.74) is 0. The molecule has 0 amide bonds. The lowest BCUT2D eigenvalue weighted by atomic mass is 10.1. The summed E-state index contributed by atoms with van der Waals surface area (Å²) in [4.78, 5) is 16.5. The van der Waals surface area contributed by atoms with Gasteiger partial charge < -0.3 is 19.9 Å². The van der Waals surface area contributed by atoms with Gasteiger partial charge in [0.05, 0.1) is 7.11 Å². The molecule has 0 aromatic carbocycles. The maximum atomic E-state index is 11.7. The van der Waals surface area contributed by atoms with E-state index in [0.29, 0.717) is 0 Å². The lowest BCUT2D eigenvalue weighted by molar-refractivity contribution is -0.143. The summed E-state index contributed by atoms with van der Waals surface area (Å²) in [7, 11) is 5.78. The number of hydrogen-bond acceptors (Lipinski definition) is 5. The molecular formula is C15H31N3O2. The first-order valence-electron chi connectivity index (χ1n) is 7.63. The molecule has 1 N–H and O–H groups in total. The highest BCUT2D eigenvalue weighted by atomic mass is 16.5. The minimum atomic E-state index is -0.200. The summed E-state index contributed by atoms with van der Waals surface area (Å²) in [5.74, 6) is 0.604. The van der Waals surface area contributed by atoms with Gasteiger partial charge in [-0.25, -0.2) is 0 Å². The Kier molecular flexibility index (Phi) is 7.48. The SMILES string of the molecule is COC(=O)C(CCN(C)CC1CCN(C)C1)NC(C)C. The highest BCUT2D eigenvalue weighted by Crippen LogP contribution is 2.15. The average molecular weight is 285 g/mol. The Hall–Kier alpha value is -0.650. The third kappa shape index (κ3) is 6.20.